The fourth-order valence-electron chi connectivity index (χ4n) is 2.40. The molecule has 0 fully saturated rings. The second kappa shape index (κ2) is 6.32. The average Bonchev–Trinajstić information content (AvgIpc) is 2.96. The van der Waals surface area contributed by atoms with Gasteiger partial charge in [0, 0.05) is 5.25 Å². The van der Waals surface area contributed by atoms with E-state index in [2.05, 4.69) is 78.8 Å². The molecule has 0 N–H and O–H groups in total. The van der Waals surface area contributed by atoms with E-state index in [4.69, 9.17) is 0 Å². The summed E-state index contributed by atoms with van der Waals surface area (Å²) >= 11 is 1.66. The highest BCUT2D eigenvalue weighted by molar-refractivity contribution is 7.99. The zero-order chi connectivity index (χ0) is 15.5. The topological polar surface area (TPSA) is 43.6 Å². The average molecular weight is 310 g/mol. The van der Waals surface area contributed by atoms with Gasteiger partial charge in [-0.3, -0.25) is 0 Å². The minimum absolute atomic E-state index is 0.289. The van der Waals surface area contributed by atoms with E-state index in [1.54, 1.807) is 11.8 Å². The van der Waals surface area contributed by atoms with Crippen molar-refractivity contribution < 1.29 is 0 Å². The number of aryl methyl sites for hydroxylation is 2. The monoisotopic (exact) mass is 310 g/mol. The van der Waals surface area contributed by atoms with Crippen LogP contribution < -0.4 is 0 Å². The van der Waals surface area contributed by atoms with Crippen molar-refractivity contribution in [3.8, 4) is 5.69 Å². The van der Waals surface area contributed by atoms with Crippen molar-refractivity contribution in [1.82, 2.24) is 20.2 Å². The van der Waals surface area contributed by atoms with Crippen molar-refractivity contribution in [3.05, 3.63) is 65.2 Å². The number of benzene rings is 2. The van der Waals surface area contributed by atoms with E-state index in [9.17, 15) is 0 Å². The van der Waals surface area contributed by atoms with Crippen LogP contribution in [0.15, 0.2) is 53.7 Å². The normalized spacial score (nSPS) is 12.3. The van der Waals surface area contributed by atoms with Crippen LogP contribution in [0.4, 0.5) is 0 Å². The van der Waals surface area contributed by atoms with Gasteiger partial charge in [-0.2, -0.15) is 4.68 Å². The highest BCUT2D eigenvalue weighted by atomic mass is 32.2. The summed E-state index contributed by atoms with van der Waals surface area (Å²) in [7, 11) is 0. The maximum atomic E-state index is 4.19. The van der Waals surface area contributed by atoms with Gasteiger partial charge in [0.05, 0.1) is 5.69 Å². The first-order valence-corrected chi connectivity index (χ1v) is 8.11. The Morgan fingerprint density at radius 2 is 1.82 bits per heavy atom. The summed E-state index contributed by atoms with van der Waals surface area (Å²) in [6, 6.07) is 16.7. The molecule has 0 radical (unpaired) electrons. The fraction of sp³-hybridized carbons (Fsp3) is 0.235. The Morgan fingerprint density at radius 3 is 2.55 bits per heavy atom. The first-order valence-electron chi connectivity index (χ1n) is 7.23. The first-order chi connectivity index (χ1) is 10.6. The molecule has 1 atom stereocenters. The number of tetrazole rings is 1. The molecule has 112 valence electrons. The first kappa shape index (κ1) is 14.8. The van der Waals surface area contributed by atoms with Crippen molar-refractivity contribution >= 4 is 11.8 Å². The Labute approximate surface area is 134 Å². The number of hydrogen-bond donors (Lipinski definition) is 0. The lowest BCUT2D eigenvalue weighted by atomic mass is 10.1. The maximum Gasteiger partial charge on any atom is 0.214 e. The van der Waals surface area contributed by atoms with E-state index in [0.29, 0.717) is 0 Å². The van der Waals surface area contributed by atoms with Gasteiger partial charge in [0.25, 0.3) is 0 Å². The molecule has 0 unspecified atom stereocenters. The van der Waals surface area contributed by atoms with Crippen molar-refractivity contribution in [2.24, 2.45) is 0 Å². The number of thioether (sulfide) groups is 1. The molecule has 0 aliphatic carbocycles. The Hall–Kier alpha value is -2.14. The Morgan fingerprint density at radius 1 is 1.05 bits per heavy atom. The van der Waals surface area contributed by atoms with Gasteiger partial charge in [-0.05, 0) is 48.4 Å². The van der Waals surface area contributed by atoms with Gasteiger partial charge in [0.2, 0.25) is 5.16 Å². The van der Waals surface area contributed by atoms with E-state index < -0.39 is 0 Å². The molecular weight excluding hydrogens is 292 g/mol. The number of rotatable bonds is 4. The van der Waals surface area contributed by atoms with Crippen LogP contribution in [0.25, 0.3) is 5.69 Å². The third kappa shape index (κ3) is 3.04. The largest absolute Gasteiger partial charge is 0.214 e. The second-order valence-corrected chi connectivity index (χ2v) is 6.64. The van der Waals surface area contributed by atoms with Crippen molar-refractivity contribution in [1.29, 1.82) is 0 Å². The quantitative estimate of drug-likeness (QED) is 0.680. The van der Waals surface area contributed by atoms with E-state index in [1.807, 2.05) is 10.7 Å². The van der Waals surface area contributed by atoms with E-state index >= 15 is 0 Å². The van der Waals surface area contributed by atoms with Crippen LogP contribution in [0.2, 0.25) is 0 Å². The number of hydrogen-bond acceptors (Lipinski definition) is 4. The Bertz CT molecular complexity index is 767. The second-order valence-electron chi connectivity index (χ2n) is 5.33. The molecule has 5 heteroatoms. The predicted octanol–water partition coefficient (Wildman–Crippen LogP) is 4.13. The SMILES string of the molecule is Cc1ccc(-n2nnnc2S[C@@H](C)c2ccccc2)c(C)c1. The lowest BCUT2D eigenvalue weighted by molar-refractivity contribution is 0.750. The van der Waals surface area contributed by atoms with Gasteiger partial charge in [-0.1, -0.05) is 59.8 Å². The number of nitrogens with zero attached hydrogens (tertiary/aromatic N) is 4. The zero-order valence-corrected chi connectivity index (χ0v) is 13.7. The van der Waals surface area contributed by atoms with E-state index in [-0.39, 0.29) is 5.25 Å². The lowest BCUT2D eigenvalue weighted by Crippen LogP contribution is -2.02. The molecule has 0 aliphatic rings. The minimum Gasteiger partial charge on any atom is -0.187 e. The summed E-state index contributed by atoms with van der Waals surface area (Å²) < 4.78 is 1.82. The van der Waals surface area contributed by atoms with Crippen molar-refractivity contribution in [3.63, 3.8) is 0 Å². The summed E-state index contributed by atoms with van der Waals surface area (Å²) in [6.07, 6.45) is 0. The van der Waals surface area contributed by atoms with Crippen LogP contribution in [-0.2, 0) is 0 Å². The fourth-order valence-corrected chi connectivity index (χ4v) is 3.32. The minimum atomic E-state index is 0.289. The molecular formula is C17H18N4S. The molecule has 22 heavy (non-hydrogen) atoms. The summed E-state index contributed by atoms with van der Waals surface area (Å²) in [5.74, 6) is 0. The van der Waals surface area contributed by atoms with Crippen LogP contribution in [-0.4, -0.2) is 20.2 Å². The molecule has 3 rings (SSSR count). The molecule has 0 saturated carbocycles. The van der Waals surface area contributed by atoms with E-state index in [0.717, 1.165) is 10.8 Å². The van der Waals surface area contributed by atoms with Crippen LogP contribution in [0, 0.1) is 13.8 Å². The van der Waals surface area contributed by atoms with Gasteiger partial charge in [0.15, 0.2) is 0 Å². The molecule has 0 aliphatic heterocycles. The molecule has 0 bridgehead atoms. The Balaban J connectivity index is 1.89. The van der Waals surface area contributed by atoms with Gasteiger partial charge < -0.3 is 0 Å². The van der Waals surface area contributed by atoms with Crippen molar-refractivity contribution in [2.45, 2.75) is 31.2 Å². The van der Waals surface area contributed by atoms with Crippen LogP contribution in [0.5, 0.6) is 0 Å². The standard InChI is InChI=1S/C17H18N4S/c1-12-9-10-16(13(2)11-12)21-17(18-19-20-21)22-14(3)15-7-5-4-6-8-15/h4-11,14H,1-3H3/t14-/m0/s1. The molecule has 1 heterocycles. The highest BCUT2D eigenvalue weighted by Crippen LogP contribution is 2.34. The highest BCUT2D eigenvalue weighted by Gasteiger charge is 2.15. The van der Waals surface area contributed by atoms with Crippen molar-refractivity contribution in [2.75, 3.05) is 0 Å². The number of aromatic nitrogens is 4. The van der Waals surface area contributed by atoms with E-state index in [1.165, 1.54) is 16.7 Å². The molecule has 3 aromatic rings. The smallest absolute Gasteiger partial charge is 0.187 e. The summed E-state index contributed by atoms with van der Waals surface area (Å²) in [4.78, 5) is 0. The molecule has 1 aromatic heterocycles. The molecule has 0 saturated heterocycles. The molecule has 4 nitrogen and oxygen atoms in total. The van der Waals surface area contributed by atoms with Gasteiger partial charge in [0.1, 0.15) is 0 Å². The zero-order valence-electron chi connectivity index (χ0n) is 12.9. The molecule has 0 spiro atoms. The van der Waals surface area contributed by atoms with Crippen LogP contribution in [0.1, 0.15) is 28.9 Å². The molecule has 2 aromatic carbocycles. The van der Waals surface area contributed by atoms with Gasteiger partial charge >= 0.3 is 0 Å². The third-order valence-electron chi connectivity index (χ3n) is 3.57. The lowest BCUT2D eigenvalue weighted by Gasteiger charge is -2.12. The van der Waals surface area contributed by atoms with Gasteiger partial charge in [-0.15, -0.1) is 5.10 Å². The van der Waals surface area contributed by atoms with Gasteiger partial charge in [-0.25, -0.2) is 0 Å². The molecule has 0 amide bonds. The Kier molecular flexibility index (Phi) is 4.24. The van der Waals surface area contributed by atoms with Crippen LogP contribution >= 0.6 is 11.8 Å². The summed E-state index contributed by atoms with van der Waals surface area (Å²) in [6.45, 7) is 6.34. The third-order valence-corrected chi connectivity index (χ3v) is 4.66. The summed E-state index contributed by atoms with van der Waals surface area (Å²) in [5.41, 5.74) is 4.70. The predicted molar refractivity (Wildman–Crippen MR) is 89.3 cm³/mol. The maximum absolute atomic E-state index is 4.19. The summed E-state index contributed by atoms with van der Waals surface area (Å²) in [5, 5.41) is 13.3. The van der Waals surface area contributed by atoms with Crippen LogP contribution in [0.3, 0.4) is 0 Å².